The van der Waals surface area contributed by atoms with Crippen LogP contribution < -0.4 is 15.7 Å². The number of hydrogen-bond acceptors (Lipinski definition) is 5. The van der Waals surface area contributed by atoms with Crippen LogP contribution in [0.1, 0.15) is 32.1 Å². The number of ether oxygens (including phenoxy) is 1. The molecule has 0 fully saturated rings. The molecule has 0 spiro atoms. The maximum atomic E-state index is 13.8. The third-order valence-electron chi connectivity index (χ3n) is 7.15. The number of nitrogens with zero attached hydrogens (tertiary/aromatic N) is 3. The Morgan fingerprint density at radius 1 is 0.976 bits per heavy atom. The van der Waals surface area contributed by atoms with Crippen LogP contribution in [0.15, 0.2) is 76.9 Å². The molecule has 2 aromatic heterocycles. The molecule has 1 N–H and O–H groups in total. The summed E-state index contributed by atoms with van der Waals surface area (Å²) in [6.07, 6.45) is 0. The number of benzene rings is 3. The van der Waals surface area contributed by atoms with Gasteiger partial charge in [0.15, 0.2) is 0 Å². The van der Waals surface area contributed by atoms with Crippen molar-refractivity contribution in [2.75, 3.05) is 13.7 Å². The molecule has 1 aliphatic rings. The summed E-state index contributed by atoms with van der Waals surface area (Å²) in [5.41, 5.74) is 2.12. The first kappa shape index (κ1) is 27.1. The number of hydrogen-bond donors (Lipinski definition) is 1. The van der Waals surface area contributed by atoms with Gasteiger partial charge in [-0.2, -0.15) is 0 Å². The van der Waals surface area contributed by atoms with E-state index in [0.717, 1.165) is 10.9 Å². The van der Waals surface area contributed by atoms with E-state index in [-0.39, 0.29) is 41.9 Å². The highest BCUT2D eigenvalue weighted by atomic mass is 35.5. The van der Waals surface area contributed by atoms with Gasteiger partial charge in [-0.3, -0.25) is 18.7 Å². The molecule has 8 nitrogen and oxygen atoms in total. The second-order valence-corrected chi connectivity index (χ2v) is 11.4. The molecule has 11 heteroatoms. The zero-order valence-electron chi connectivity index (χ0n) is 21.9. The fourth-order valence-electron chi connectivity index (χ4n) is 5.04. The lowest BCUT2D eigenvalue weighted by atomic mass is 10.1. The molecule has 3 heterocycles. The van der Waals surface area contributed by atoms with E-state index in [1.807, 2.05) is 29.6 Å². The maximum absolute atomic E-state index is 13.8. The Balaban J connectivity index is 1.36. The van der Waals surface area contributed by atoms with E-state index in [1.54, 1.807) is 64.3 Å². The largest absolute Gasteiger partial charge is 0.497 e. The molecule has 0 saturated heterocycles. The lowest BCUT2D eigenvalue weighted by molar-refractivity contribution is 0.0706. The minimum atomic E-state index is -0.416. The fraction of sp³-hybridized carbons (Fsp3) is 0.167. The Bertz CT molecular complexity index is 1860. The van der Waals surface area contributed by atoms with Crippen LogP contribution in [0.3, 0.4) is 0 Å². The van der Waals surface area contributed by atoms with Crippen molar-refractivity contribution in [1.82, 2.24) is 19.4 Å². The molecule has 2 amide bonds. The van der Waals surface area contributed by atoms with E-state index < -0.39 is 5.91 Å². The number of nitrogens with one attached hydrogen (secondary N) is 1. The topological polar surface area (TPSA) is 85.6 Å². The highest BCUT2D eigenvalue weighted by Crippen LogP contribution is 2.26. The van der Waals surface area contributed by atoms with Crippen LogP contribution >= 0.6 is 34.5 Å². The van der Waals surface area contributed by atoms with E-state index in [4.69, 9.17) is 27.9 Å². The van der Waals surface area contributed by atoms with Crippen molar-refractivity contribution in [3.8, 4) is 11.4 Å². The molecule has 0 aliphatic carbocycles. The van der Waals surface area contributed by atoms with Crippen LogP contribution in [-0.2, 0) is 19.6 Å². The molecule has 0 unspecified atom stereocenters. The Kier molecular flexibility index (Phi) is 7.33. The van der Waals surface area contributed by atoms with Gasteiger partial charge in [-0.1, -0.05) is 29.3 Å². The fourth-order valence-corrected chi connectivity index (χ4v) is 6.11. The average molecular weight is 608 g/mol. The number of methoxy groups -OCH3 is 1. The minimum absolute atomic E-state index is 0.0705. The van der Waals surface area contributed by atoms with E-state index in [9.17, 15) is 14.4 Å². The second kappa shape index (κ2) is 11.1. The molecule has 41 heavy (non-hydrogen) atoms. The SMILES string of the molecule is COc1ccc(-n2c(C(=O)NCc3ccc4sccc4c3)c3n(c2=O)CCN(C(=O)c2ccc(Cl)c(Cl)c2)C3)cc1. The zero-order chi connectivity index (χ0) is 28.7. The average Bonchev–Trinajstić information content (AvgIpc) is 3.58. The van der Waals surface area contributed by atoms with Gasteiger partial charge in [0.05, 0.1) is 35.1 Å². The number of thiophene rings is 1. The molecule has 208 valence electrons. The second-order valence-electron chi connectivity index (χ2n) is 9.59. The third kappa shape index (κ3) is 5.12. The van der Waals surface area contributed by atoms with Gasteiger partial charge in [0.2, 0.25) is 0 Å². The molecule has 3 aromatic carbocycles. The summed E-state index contributed by atoms with van der Waals surface area (Å²) >= 11 is 13.9. The van der Waals surface area contributed by atoms with Gasteiger partial charge in [0.1, 0.15) is 11.4 Å². The molecular weight excluding hydrogens is 583 g/mol. The minimum Gasteiger partial charge on any atom is -0.497 e. The predicted molar refractivity (Wildman–Crippen MR) is 161 cm³/mol. The van der Waals surface area contributed by atoms with Gasteiger partial charge in [0.25, 0.3) is 11.8 Å². The van der Waals surface area contributed by atoms with Crippen molar-refractivity contribution >= 4 is 56.4 Å². The van der Waals surface area contributed by atoms with Crippen LogP contribution in [0.25, 0.3) is 15.8 Å². The van der Waals surface area contributed by atoms with E-state index in [0.29, 0.717) is 34.3 Å². The first-order valence-electron chi connectivity index (χ1n) is 12.8. The molecule has 0 saturated carbocycles. The van der Waals surface area contributed by atoms with Crippen LogP contribution in [-0.4, -0.2) is 39.5 Å². The van der Waals surface area contributed by atoms with Crippen molar-refractivity contribution in [2.24, 2.45) is 0 Å². The summed E-state index contributed by atoms with van der Waals surface area (Å²) in [4.78, 5) is 42.5. The Morgan fingerprint density at radius 3 is 2.54 bits per heavy atom. The normalized spacial score (nSPS) is 12.8. The molecule has 1 aliphatic heterocycles. The summed E-state index contributed by atoms with van der Waals surface area (Å²) in [5, 5.41) is 6.75. The lowest BCUT2D eigenvalue weighted by Crippen LogP contribution is -2.41. The predicted octanol–water partition coefficient (Wildman–Crippen LogP) is 5.76. The quantitative estimate of drug-likeness (QED) is 0.266. The molecule has 0 radical (unpaired) electrons. The molecule has 5 aromatic rings. The first-order chi connectivity index (χ1) is 19.8. The van der Waals surface area contributed by atoms with Gasteiger partial charge in [-0.25, -0.2) is 4.79 Å². The first-order valence-corrected chi connectivity index (χ1v) is 14.4. The summed E-state index contributed by atoms with van der Waals surface area (Å²) in [7, 11) is 1.56. The van der Waals surface area contributed by atoms with Crippen LogP contribution in [0.4, 0.5) is 0 Å². The van der Waals surface area contributed by atoms with Crippen molar-refractivity contribution in [1.29, 1.82) is 0 Å². The highest BCUT2D eigenvalue weighted by Gasteiger charge is 2.32. The highest BCUT2D eigenvalue weighted by molar-refractivity contribution is 7.17. The van der Waals surface area contributed by atoms with Crippen molar-refractivity contribution in [3.63, 3.8) is 0 Å². The summed E-state index contributed by atoms with van der Waals surface area (Å²) in [6.45, 7) is 0.874. The Hall–Kier alpha value is -4.05. The zero-order valence-corrected chi connectivity index (χ0v) is 24.2. The monoisotopic (exact) mass is 606 g/mol. The van der Waals surface area contributed by atoms with E-state index >= 15 is 0 Å². The maximum Gasteiger partial charge on any atom is 0.333 e. The van der Waals surface area contributed by atoms with E-state index in [1.165, 1.54) is 15.3 Å². The van der Waals surface area contributed by atoms with Crippen LogP contribution in [0.2, 0.25) is 10.0 Å². The number of rotatable bonds is 6. The number of carbonyl (C=O) groups is 2. The van der Waals surface area contributed by atoms with Gasteiger partial charge in [0, 0.05) is 29.9 Å². The van der Waals surface area contributed by atoms with Crippen molar-refractivity contribution in [2.45, 2.75) is 19.6 Å². The number of carbonyl (C=O) groups excluding carboxylic acids is 2. The summed E-state index contributed by atoms with van der Waals surface area (Å²) < 4.78 is 9.41. The Morgan fingerprint density at radius 2 is 1.78 bits per heavy atom. The number of imidazole rings is 1. The summed E-state index contributed by atoms with van der Waals surface area (Å²) in [5.74, 6) is -0.0604. The Labute approximate surface area is 249 Å². The number of halogens is 2. The smallest absolute Gasteiger partial charge is 0.333 e. The number of fused-ring (bicyclic) bond motifs is 2. The van der Waals surface area contributed by atoms with Crippen LogP contribution in [0.5, 0.6) is 5.75 Å². The van der Waals surface area contributed by atoms with Gasteiger partial charge in [-0.15, -0.1) is 11.3 Å². The van der Waals surface area contributed by atoms with Gasteiger partial charge >= 0.3 is 5.69 Å². The number of aromatic nitrogens is 2. The van der Waals surface area contributed by atoms with Gasteiger partial charge < -0.3 is 15.0 Å². The van der Waals surface area contributed by atoms with E-state index in [2.05, 4.69) is 5.32 Å². The van der Waals surface area contributed by atoms with Gasteiger partial charge in [-0.05, 0) is 77.0 Å². The molecule has 0 atom stereocenters. The standard InChI is InChI=1S/C30H24Cl2N4O4S/c1-40-22-6-4-21(5-7-22)36-27(28(37)33-16-18-2-9-26-19(14-18)10-13-41-26)25-17-34(11-12-35(25)30(36)39)29(38)20-3-8-23(31)24(32)15-20/h2-10,13-15H,11-12,16-17H2,1H3,(H,33,37). The molecule has 0 bridgehead atoms. The third-order valence-corrected chi connectivity index (χ3v) is 8.79. The van der Waals surface area contributed by atoms with Crippen molar-refractivity contribution in [3.05, 3.63) is 115 Å². The van der Waals surface area contributed by atoms with Crippen molar-refractivity contribution < 1.29 is 14.3 Å². The summed E-state index contributed by atoms with van der Waals surface area (Å²) in [6, 6.07) is 19.7. The lowest BCUT2D eigenvalue weighted by Gasteiger charge is -2.28. The molecular formula is C30H24Cl2N4O4S. The molecule has 6 rings (SSSR count). The van der Waals surface area contributed by atoms with Crippen LogP contribution in [0, 0.1) is 0 Å². The number of amides is 2.